The van der Waals surface area contributed by atoms with Crippen LogP contribution in [0.2, 0.25) is 5.02 Å². The summed E-state index contributed by atoms with van der Waals surface area (Å²) >= 11 is 5.72. The molecule has 4 nitrogen and oxygen atoms in total. The molecular formula is C11H15ClN2O2. The molecule has 1 aromatic rings. The Labute approximate surface area is 99.4 Å². The number of carbonyl (C=O) groups excluding carboxylic acids is 1. The van der Waals surface area contributed by atoms with Crippen LogP contribution >= 0.6 is 11.6 Å². The molecule has 0 heterocycles. The van der Waals surface area contributed by atoms with Crippen molar-refractivity contribution >= 4 is 23.2 Å². The number of phenols is 1. The molecule has 0 aromatic heterocycles. The molecule has 5 heteroatoms. The second-order valence-electron chi connectivity index (χ2n) is 3.63. The number of rotatable bonds is 4. The van der Waals surface area contributed by atoms with Crippen LogP contribution in [0.15, 0.2) is 18.2 Å². The van der Waals surface area contributed by atoms with Gasteiger partial charge in [-0.25, -0.2) is 0 Å². The predicted molar refractivity (Wildman–Crippen MR) is 64.6 cm³/mol. The molecule has 0 saturated heterocycles. The van der Waals surface area contributed by atoms with E-state index in [0.717, 1.165) is 0 Å². The lowest BCUT2D eigenvalue weighted by Crippen LogP contribution is -2.22. The Morgan fingerprint density at radius 2 is 2.31 bits per heavy atom. The van der Waals surface area contributed by atoms with E-state index in [0.29, 0.717) is 18.7 Å². The number of hydrogen-bond donors (Lipinski definition) is 3. The molecule has 16 heavy (non-hydrogen) atoms. The van der Waals surface area contributed by atoms with Gasteiger partial charge in [0, 0.05) is 11.6 Å². The molecule has 0 fully saturated rings. The van der Waals surface area contributed by atoms with Crippen LogP contribution in [0.25, 0.3) is 0 Å². The average Bonchev–Trinajstić information content (AvgIpc) is 2.24. The maximum Gasteiger partial charge on any atom is 0.227 e. The molecule has 0 aliphatic heterocycles. The van der Waals surface area contributed by atoms with Gasteiger partial charge in [-0.15, -0.1) is 0 Å². The van der Waals surface area contributed by atoms with E-state index in [9.17, 15) is 9.90 Å². The zero-order valence-electron chi connectivity index (χ0n) is 9.03. The van der Waals surface area contributed by atoms with Gasteiger partial charge in [0.05, 0.1) is 5.02 Å². The topological polar surface area (TPSA) is 75.4 Å². The Kier molecular flexibility index (Phi) is 4.58. The van der Waals surface area contributed by atoms with Gasteiger partial charge in [0.25, 0.3) is 0 Å². The van der Waals surface area contributed by atoms with Gasteiger partial charge in [-0.3, -0.25) is 4.79 Å². The highest BCUT2D eigenvalue weighted by Gasteiger charge is 2.12. The fourth-order valence-corrected chi connectivity index (χ4v) is 1.41. The lowest BCUT2D eigenvalue weighted by atomic mass is 10.1. The lowest BCUT2D eigenvalue weighted by Gasteiger charge is -2.11. The largest absolute Gasteiger partial charge is 0.506 e. The molecule has 0 spiro atoms. The second-order valence-corrected chi connectivity index (χ2v) is 4.04. The summed E-state index contributed by atoms with van der Waals surface area (Å²) in [4.78, 5) is 11.6. The summed E-state index contributed by atoms with van der Waals surface area (Å²) in [6, 6.07) is 4.53. The zero-order valence-corrected chi connectivity index (χ0v) is 9.79. The summed E-state index contributed by atoms with van der Waals surface area (Å²) in [5.74, 6) is -0.251. The summed E-state index contributed by atoms with van der Waals surface area (Å²) in [7, 11) is 0. The van der Waals surface area contributed by atoms with Crippen LogP contribution in [0.5, 0.6) is 5.75 Å². The third-order valence-electron chi connectivity index (χ3n) is 2.26. The number of anilines is 1. The van der Waals surface area contributed by atoms with Crippen LogP contribution < -0.4 is 11.1 Å². The molecule has 1 rings (SSSR count). The van der Waals surface area contributed by atoms with E-state index in [1.807, 2.05) is 6.92 Å². The van der Waals surface area contributed by atoms with Gasteiger partial charge in [0.2, 0.25) is 5.91 Å². The monoisotopic (exact) mass is 242 g/mol. The van der Waals surface area contributed by atoms with Crippen molar-refractivity contribution in [1.29, 1.82) is 0 Å². The summed E-state index contributed by atoms with van der Waals surface area (Å²) in [5.41, 5.74) is 5.94. The SMILES string of the molecule is CC(CCN)C(=O)Nc1ccc(O)c(Cl)c1. The van der Waals surface area contributed by atoms with Crippen molar-refractivity contribution in [3.8, 4) is 5.75 Å². The highest BCUT2D eigenvalue weighted by atomic mass is 35.5. The first-order valence-corrected chi connectivity index (χ1v) is 5.42. The Hall–Kier alpha value is -1.26. The number of aromatic hydroxyl groups is 1. The third kappa shape index (κ3) is 3.40. The van der Waals surface area contributed by atoms with E-state index >= 15 is 0 Å². The number of nitrogens with one attached hydrogen (secondary N) is 1. The Bertz CT molecular complexity index is 382. The smallest absolute Gasteiger partial charge is 0.227 e. The molecule has 0 radical (unpaired) electrons. The number of phenolic OH excluding ortho intramolecular Hbond substituents is 1. The molecule has 4 N–H and O–H groups in total. The second kappa shape index (κ2) is 5.72. The Morgan fingerprint density at radius 3 is 2.88 bits per heavy atom. The Balaban J connectivity index is 2.66. The predicted octanol–water partition coefficient (Wildman–Crippen LogP) is 1.97. The van der Waals surface area contributed by atoms with Gasteiger partial charge in [-0.05, 0) is 31.2 Å². The summed E-state index contributed by atoms with van der Waals surface area (Å²) in [6.07, 6.45) is 0.637. The zero-order chi connectivity index (χ0) is 12.1. The average molecular weight is 243 g/mol. The molecule has 1 atom stereocenters. The van der Waals surface area contributed by atoms with E-state index in [1.54, 1.807) is 6.07 Å². The summed E-state index contributed by atoms with van der Waals surface area (Å²) < 4.78 is 0. The number of amides is 1. The fraction of sp³-hybridized carbons (Fsp3) is 0.364. The van der Waals surface area contributed by atoms with Gasteiger partial charge in [-0.2, -0.15) is 0 Å². The molecule has 0 bridgehead atoms. The third-order valence-corrected chi connectivity index (χ3v) is 2.57. The maximum absolute atomic E-state index is 11.6. The van der Waals surface area contributed by atoms with Crippen LogP contribution in [-0.4, -0.2) is 17.6 Å². The minimum absolute atomic E-state index is 0.00493. The van der Waals surface area contributed by atoms with Crippen molar-refractivity contribution in [2.45, 2.75) is 13.3 Å². The molecule has 1 aromatic carbocycles. The van der Waals surface area contributed by atoms with Crippen molar-refractivity contribution in [2.75, 3.05) is 11.9 Å². The molecule has 0 saturated carbocycles. The molecule has 1 amide bonds. The molecule has 1 unspecified atom stereocenters. The summed E-state index contributed by atoms with van der Waals surface area (Å²) in [5, 5.41) is 12.1. The van der Waals surface area contributed by atoms with Gasteiger partial charge >= 0.3 is 0 Å². The van der Waals surface area contributed by atoms with Crippen LogP contribution in [0, 0.1) is 5.92 Å². The molecular weight excluding hydrogens is 228 g/mol. The number of nitrogens with two attached hydrogens (primary N) is 1. The van der Waals surface area contributed by atoms with Crippen molar-refractivity contribution in [3.63, 3.8) is 0 Å². The van der Waals surface area contributed by atoms with Gasteiger partial charge in [-0.1, -0.05) is 18.5 Å². The maximum atomic E-state index is 11.6. The standard InChI is InChI=1S/C11H15ClN2O2/c1-7(4-5-13)11(16)14-8-2-3-10(15)9(12)6-8/h2-3,6-7,15H,4-5,13H2,1H3,(H,14,16). The number of carbonyl (C=O) groups is 1. The number of benzene rings is 1. The van der Waals surface area contributed by atoms with E-state index in [-0.39, 0.29) is 22.6 Å². The van der Waals surface area contributed by atoms with Crippen molar-refractivity contribution in [2.24, 2.45) is 11.7 Å². The molecule has 0 aliphatic rings. The van der Waals surface area contributed by atoms with Crippen LogP contribution in [0.3, 0.4) is 0 Å². The minimum atomic E-state index is -0.141. The van der Waals surface area contributed by atoms with E-state index in [4.69, 9.17) is 17.3 Å². The van der Waals surface area contributed by atoms with E-state index < -0.39 is 0 Å². The van der Waals surface area contributed by atoms with E-state index in [1.165, 1.54) is 12.1 Å². The van der Waals surface area contributed by atoms with E-state index in [2.05, 4.69) is 5.32 Å². The Morgan fingerprint density at radius 1 is 1.62 bits per heavy atom. The number of hydrogen-bond acceptors (Lipinski definition) is 3. The highest BCUT2D eigenvalue weighted by molar-refractivity contribution is 6.32. The van der Waals surface area contributed by atoms with Crippen LogP contribution in [0.1, 0.15) is 13.3 Å². The fourth-order valence-electron chi connectivity index (χ4n) is 1.23. The summed E-state index contributed by atoms with van der Waals surface area (Å²) in [6.45, 7) is 2.29. The van der Waals surface area contributed by atoms with Gasteiger partial charge in [0.1, 0.15) is 5.75 Å². The molecule has 88 valence electrons. The normalized spacial score (nSPS) is 12.2. The van der Waals surface area contributed by atoms with Crippen LogP contribution in [0.4, 0.5) is 5.69 Å². The highest BCUT2D eigenvalue weighted by Crippen LogP contribution is 2.26. The van der Waals surface area contributed by atoms with Crippen molar-refractivity contribution in [1.82, 2.24) is 0 Å². The first-order valence-electron chi connectivity index (χ1n) is 5.04. The lowest BCUT2D eigenvalue weighted by molar-refractivity contribution is -0.119. The van der Waals surface area contributed by atoms with Gasteiger partial charge in [0.15, 0.2) is 0 Å². The number of halogens is 1. The quantitative estimate of drug-likeness (QED) is 0.707. The van der Waals surface area contributed by atoms with Crippen molar-refractivity contribution < 1.29 is 9.90 Å². The minimum Gasteiger partial charge on any atom is -0.506 e. The first-order chi connectivity index (χ1) is 7.54. The van der Waals surface area contributed by atoms with Crippen molar-refractivity contribution in [3.05, 3.63) is 23.2 Å². The van der Waals surface area contributed by atoms with Gasteiger partial charge < -0.3 is 16.2 Å². The first kappa shape index (κ1) is 12.8. The van der Waals surface area contributed by atoms with Crippen LogP contribution in [-0.2, 0) is 4.79 Å². The molecule has 0 aliphatic carbocycles.